The van der Waals surface area contributed by atoms with Gasteiger partial charge in [0.05, 0.1) is 25.8 Å². The summed E-state index contributed by atoms with van der Waals surface area (Å²) < 4.78 is 5.53. The highest BCUT2D eigenvalue weighted by atomic mass is 16.5. The second-order valence-electron chi connectivity index (χ2n) is 6.71. The van der Waals surface area contributed by atoms with Gasteiger partial charge in [-0.15, -0.1) is 0 Å². The van der Waals surface area contributed by atoms with Gasteiger partial charge >= 0.3 is 0 Å². The Bertz CT molecular complexity index is 533. The SMILES string of the molecule is CCNC(=NCC(c1ccc(C)cc1)N1CCOCC1)NC1CC1. The van der Waals surface area contributed by atoms with Gasteiger partial charge in [0.2, 0.25) is 0 Å². The van der Waals surface area contributed by atoms with Gasteiger partial charge in [-0.05, 0) is 32.3 Å². The van der Waals surface area contributed by atoms with E-state index in [1.165, 1.54) is 24.0 Å². The third-order valence-electron chi connectivity index (χ3n) is 4.63. The van der Waals surface area contributed by atoms with Crippen molar-refractivity contribution >= 4 is 5.96 Å². The van der Waals surface area contributed by atoms with E-state index in [4.69, 9.17) is 9.73 Å². The predicted octanol–water partition coefficient (Wildman–Crippen LogP) is 2.09. The smallest absolute Gasteiger partial charge is 0.191 e. The standard InChI is InChI=1S/C19H30N4O/c1-3-20-19(22-17-8-9-17)21-14-18(23-10-12-24-13-11-23)16-6-4-15(2)5-7-16/h4-7,17-18H,3,8-14H2,1-2H3,(H2,20,21,22). The molecule has 0 radical (unpaired) electrons. The van der Waals surface area contributed by atoms with Gasteiger partial charge in [-0.25, -0.2) is 0 Å². The molecule has 0 aromatic heterocycles. The lowest BCUT2D eigenvalue weighted by Crippen LogP contribution is -2.42. The largest absolute Gasteiger partial charge is 0.379 e. The van der Waals surface area contributed by atoms with E-state index >= 15 is 0 Å². The molecule has 5 heteroatoms. The minimum absolute atomic E-state index is 0.309. The first-order valence-corrected chi connectivity index (χ1v) is 9.19. The van der Waals surface area contributed by atoms with E-state index in [9.17, 15) is 0 Å². The zero-order chi connectivity index (χ0) is 16.8. The molecule has 132 valence electrons. The van der Waals surface area contributed by atoms with Crippen LogP contribution in [-0.4, -0.2) is 56.3 Å². The van der Waals surface area contributed by atoms with Crippen molar-refractivity contribution in [1.29, 1.82) is 0 Å². The Morgan fingerprint density at radius 2 is 1.96 bits per heavy atom. The molecular formula is C19H30N4O. The van der Waals surface area contributed by atoms with E-state index in [0.29, 0.717) is 12.1 Å². The average molecular weight is 330 g/mol. The normalized spacial score (nSPS) is 20.7. The summed E-state index contributed by atoms with van der Waals surface area (Å²) in [5, 5.41) is 6.87. The van der Waals surface area contributed by atoms with Crippen LogP contribution >= 0.6 is 0 Å². The highest BCUT2D eigenvalue weighted by Gasteiger charge is 2.24. The molecule has 1 aromatic rings. The molecule has 3 rings (SSSR count). The highest BCUT2D eigenvalue weighted by Crippen LogP contribution is 2.23. The number of nitrogens with one attached hydrogen (secondary N) is 2. The number of ether oxygens (including phenoxy) is 1. The van der Waals surface area contributed by atoms with Crippen molar-refractivity contribution in [2.24, 2.45) is 4.99 Å². The van der Waals surface area contributed by atoms with Crippen LogP contribution in [0, 0.1) is 6.92 Å². The molecule has 2 fully saturated rings. The van der Waals surface area contributed by atoms with Crippen LogP contribution in [0.4, 0.5) is 0 Å². The second-order valence-corrected chi connectivity index (χ2v) is 6.71. The maximum Gasteiger partial charge on any atom is 0.191 e. The Hall–Kier alpha value is -1.59. The minimum atomic E-state index is 0.309. The average Bonchev–Trinajstić information content (AvgIpc) is 3.42. The molecule has 1 saturated carbocycles. The number of rotatable bonds is 6. The molecular weight excluding hydrogens is 300 g/mol. The molecule has 1 unspecified atom stereocenters. The lowest BCUT2D eigenvalue weighted by Gasteiger charge is -2.34. The van der Waals surface area contributed by atoms with Crippen LogP contribution in [0.1, 0.15) is 36.9 Å². The molecule has 24 heavy (non-hydrogen) atoms. The van der Waals surface area contributed by atoms with Gasteiger partial charge in [0.15, 0.2) is 5.96 Å². The first-order valence-electron chi connectivity index (χ1n) is 9.19. The number of morpholine rings is 1. The van der Waals surface area contributed by atoms with Crippen molar-refractivity contribution in [2.75, 3.05) is 39.4 Å². The molecule has 1 atom stereocenters. The third-order valence-corrected chi connectivity index (χ3v) is 4.63. The molecule has 0 bridgehead atoms. The van der Waals surface area contributed by atoms with Crippen molar-refractivity contribution in [2.45, 2.75) is 38.8 Å². The van der Waals surface area contributed by atoms with E-state index in [2.05, 4.69) is 53.6 Å². The number of benzene rings is 1. The molecule has 2 N–H and O–H groups in total. The summed E-state index contributed by atoms with van der Waals surface area (Å²) in [7, 11) is 0. The highest BCUT2D eigenvalue weighted by molar-refractivity contribution is 5.80. The van der Waals surface area contributed by atoms with Gasteiger partial charge in [0.1, 0.15) is 0 Å². The molecule has 1 aliphatic heterocycles. The first kappa shape index (κ1) is 17.2. The third kappa shape index (κ3) is 4.95. The number of aliphatic imine (C=N–C) groups is 1. The molecule has 0 spiro atoms. The maximum absolute atomic E-state index is 5.53. The minimum Gasteiger partial charge on any atom is -0.379 e. The van der Waals surface area contributed by atoms with Gasteiger partial charge in [-0.3, -0.25) is 9.89 Å². The van der Waals surface area contributed by atoms with Crippen LogP contribution < -0.4 is 10.6 Å². The fraction of sp³-hybridized carbons (Fsp3) is 0.632. The maximum atomic E-state index is 5.53. The van der Waals surface area contributed by atoms with Crippen molar-refractivity contribution in [3.05, 3.63) is 35.4 Å². The van der Waals surface area contributed by atoms with E-state index < -0.39 is 0 Å². The number of aryl methyl sites for hydroxylation is 1. The van der Waals surface area contributed by atoms with Crippen molar-refractivity contribution in [1.82, 2.24) is 15.5 Å². The summed E-state index contributed by atoms with van der Waals surface area (Å²) in [6.45, 7) is 9.48. The molecule has 1 aromatic carbocycles. The van der Waals surface area contributed by atoms with Crippen LogP contribution in [0.25, 0.3) is 0 Å². The van der Waals surface area contributed by atoms with Crippen molar-refractivity contribution in [3.8, 4) is 0 Å². The zero-order valence-electron chi connectivity index (χ0n) is 14.9. The van der Waals surface area contributed by atoms with Gasteiger partial charge in [0, 0.05) is 25.7 Å². The Kier molecular flexibility index (Phi) is 6.10. The van der Waals surface area contributed by atoms with Crippen LogP contribution in [0.3, 0.4) is 0 Å². The van der Waals surface area contributed by atoms with Crippen LogP contribution in [-0.2, 0) is 4.74 Å². The second kappa shape index (κ2) is 8.49. The van der Waals surface area contributed by atoms with E-state index in [-0.39, 0.29) is 0 Å². The summed E-state index contributed by atoms with van der Waals surface area (Å²) in [5.41, 5.74) is 2.64. The predicted molar refractivity (Wildman–Crippen MR) is 98.4 cm³/mol. The fourth-order valence-electron chi connectivity index (χ4n) is 3.03. The van der Waals surface area contributed by atoms with Gasteiger partial charge in [-0.2, -0.15) is 0 Å². The number of hydrogen-bond donors (Lipinski definition) is 2. The number of hydrogen-bond acceptors (Lipinski definition) is 3. The monoisotopic (exact) mass is 330 g/mol. The van der Waals surface area contributed by atoms with E-state index in [1.54, 1.807) is 0 Å². The topological polar surface area (TPSA) is 48.9 Å². The quantitative estimate of drug-likeness (QED) is 0.619. The molecule has 1 heterocycles. The van der Waals surface area contributed by atoms with Gasteiger partial charge in [0.25, 0.3) is 0 Å². The molecule has 5 nitrogen and oxygen atoms in total. The van der Waals surface area contributed by atoms with Crippen LogP contribution in [0.15, 0.2) is 29.3 Å². The Morgan fingerprint density at radius 1 is 1.25 bits per heavy atom. The van der Waals surface area contributed by atoms with Crippen LogP contribution in [0.2, 0.25) is 0 Å². The summed E-state index contributed by atoms with van der Waals surface area (Å²) in [6, 6.07) is 9.80. The lowest BCUT2D eigenvalue weighted by molar-refractivity contribution is 0.0179. The zero-order valence-corrected chi connectivity index (χ0v) is 14.9. The Balaban J connectivity index is 1.73. The number of guanidine groups is 1. The number of nitrogens with zero attached hydrogens (tertiary/aromatic N) is 2. The lowest BCUT2D eigenvalue weighted by atomic mass is 10.0. The molecule has 0 amide bonds. The van der Waals surface area contributed by atoms with Gasteiger partial charge < -0.3 is 15.4 Å². The van der Waals surface area contributed by atoms with Crippen molar-refractivity contribution in [3.63, 3.8) is 0 Å². The van der Waals surface area contributed by atoms with E-state index in [0.717, 1.165) is 45.4 Å². The fourth-order valence-corrected chi connectivity index (χ4v) is 3.03. The summed E-state index contributed by atoms with van der Waals surface area (Å²) >= 11 is 0. The van der Waals surface area contributed by atoms with Crippen LogP contribution in [0.5, 0.6) is 0 Å². The molecule has 1 aliphatic carbocycles. The Labute approximate surface area is 145 Å². The van der Waals surface area contributed by atoms with E-state index in [1.807, 2.05) is 0 Å². The summed E-state index contributed by atoms with van der Waals surface area (Å²) in [4.78, 5) is 7.38. The first-order chi connectivity index (χ1) is 11.8. The summed E-state index contributed by atoms with van der Waals surface area (Å²) in [6.07, 6.45) is 2.52. The summed E-state index contributed by atoms with van der Waals surface area (Å²) in [5.74, 6) is 0.949. The Morgan fingerprint density at radius 3 is 2.58 bits per heavy atom. The molecule has 2 aliphatic rings. The van der Waals surface area contributed by atoms with Gasteiger partial charge in [-0.1, -0.05) is 29.8 Å². The molecule has 1 saturated heterocycles. The van der Waals surface area contributed by atoms with Crippen molar-refractivity contribution < 1.29 is 4.74 Å².